The van der Waals surface area contributed by atoms with E-state index in [2.05, 4.69) is 262 Å². The first-order chi connectivity index (χ1) is 31.7. The molecule has 4 heteroatoms. The van der Waals surface area contributed by atoms with Crippen LogP contribution in [0.4, 0.5) is 34.1 Å². The SMILES string of the molecule is c1ccc(-n2c3ccccc3c3cc(N4c5cccc(c5)-c5cccc(c5)N(c5ccc6c(c5)c5ccccc5n6-c5ccccc5)c5cccc(c5)-c5cccc4c5)ccc32)cc1. The van der Waals surface area contributed by atoms with Crippen molar-refractivity contribution in [3.63, 3.8) is 0 Å². The van der Waals surface area contributed by atoms with Crippen molar-refractivity contribution >= 4 is 77.7 Å². The van der Waals surface area contributed by atoms with Crippen LogP contribution < -0.4 is 9.80 Å². The van der Waals surface area contributed by atoms with Crippen LogP contribution in [0.1, 0.15) is 0 Å². The molecule has 1 aliphatic rings. The molecule has 2 aromatic heterocycles. The van der Waals surface area contributed by atoms with Gasteiger partial charge in [0.2, 0.25) is 0 Å². The number of para-hydroxylation sites is 4. The highest BCUT2D eigenvalue weighted by Crippen LogP contribution is 2.45. The molecule has 3 heterocycles. The van der Waals surface area contributed by atoms with Crippen LogP contribution in [0.15, 0.2) is 243 Å². The van der Waals surface area contributed by atoms with Gasteiger partial charge in [0, 0.05) is 67.0 Å². The molecule has 8 bridgehead atoms. The smallest absolute Gasteiger partial charge is 0.0542 e. The lowest BCUT2D eigenvalue weighted by Crippen LogP contribution is -2.11. The molecular weight excluding hydrogens is 777 g/mol. The zero-order valence-corrected chi connectivity index (χ0v) is 34.9. The second-order valence-corrected chi connectivity index (χ2v) is 16.7. The lowest BCUT2D eigenvalue weighted by atomic mass is 10.00. The number of hydrogen-bond acceptors (Lipinski definition) is 2. The van der Waals surface area contributed by atoms with Gasteiger partial charge in [-0.1, -0.05) is 121 Å². The van der Waals surface area contributed by atoms with Gasteiger partial charge in [-0.05, 0) is 144 Å². The standard InChI is InChI=1S/C60H40N4/c1-3-19-45(20-4-1)63-57-29-9-7-27-53(57)55-39-51(31-33-59(55)63)61-47-23-11-15-41(35-47)43-17-13-25-49(37-43)62(50-26-14-18-44(38-50)42-16-12-24-48(61)36-42)52-32-34-60-56(40-52)54-28-8-10-30-58(54)64(60)46-21-5-2-6-22-46/h1-40H. The molecule has 4 nitrogen and oxygen atoms in total. The summed E-state index contributed by atoms with van der Waals surface area (Å²) < 4.78 is 4.76. The second-order valence-electron chi connectivity index (χ2n) is 16.7. The van der Waals surface area contributed by atoms with E-state index in [-0.39, 0.29) is 0 Å². The van der Waals surface area contributed by atoms with Gasteiger partial charge in [-0.2, -0.15) is 0 Å². The predicted octanol–water partition coefficient (Wildman–Crippen LogP) is 16.5. The third-order valence-electron chi connectivity index (χ3n) is 12.9. The lowest BCUT2D eigenvalue weighted by Gasteiger charge is -2.28. The van der Waals surface area contributed by atoms with Gasteiger partial charge in [-0.3, -0.25) is 0 Å². The highest BCUT2D eigenvalue weighted by molar-refractivity contribution is 6.12. The molecule has 0 amide bonds. The maximum atomic E-state index is 2.41. The van der Waals surface area contributed by atoms with Crippen LogP contribution in [-0.2, 0) is 0 Å². The lowest BCUT2D eigenvalue weighted by molar-refractivity contribution is 1.18. The Kier molecular flexibility index (Phi) is 8.18. The summed E-state index contributed by atoms with van der Waals surface area (Å²) in [5.74, 6) is 0. The molecule has 12 aromatic rings. The summed E-state index contributed by atoms with van der Waals surface area (Å²) in [4.78, 5) is 4.82. The van der Waals surface area contributed by atoms with Crippen LogP contribution in [-0.4, -0.2) is 9.13 Å². The van der Waals surface area contributed by atoms with Crippen molar-refractivity contribution in [3.8, 4) is 33.6 Å². The molecular formula is C60H40N4. The molecule has 64 heavy (non-hydrogen) atoms. The van der Waals surface area contributed by atoms with Crippen molar-refractivity contribution in [2.24, 2.45) is 0 Å². The molecule has 13 rings (SSSR count). The van der Waals surface area contributed by atoms with Crippen molar-refractivity contribution in [1.29, 1.82) is 0 Å². The first-order valence-corrected chi connectivity index (χ1v) is 21.9. The Morgan fingerprint density at radius 1 is 0.188 bits per heavy atom. The van der Waals surface area contributed by atoms with Gasteiger partial charge < -0.3 is 18.9 Å². The van der Waals surface area contributed by atoms with Crippen LogP contribution in [0.25, 0.3) is 77.2 Å². The molecule has 0 atom stereocenters. The van der Waals surface area contributed by atoms with Gasteiger partial charge in [0.15, 0.2) is 0 Å². The van der Waals surface area contributed by atoms with E-state index in [1.807, 2.05) is 0 Å². The molecule has 0 N–H and O–H groups in total. The van der Waals surface area contributed by atoms with E-state index in [4.69, 9.17) is 0 Å². The summed E-state index contributed by atoms with van der Waals surface area (Å²) in [6.07, 6.45) is 0. The van der Waals surface area contributed by atoms with Crippen LogP contribution in [0.5, 0.6) is 0 Å². The minimum absolute atomic E-state index is 1.09. The van der Waals surface area contributed by atoms with E-state index in [1.165, 1.54) is 43.6 Å². The van der Waals surface area contributed by atoms with Crippen LogP contribution in [0, 0.1) is 0 Å². The van der Waals surface area contributed by atoms with Gasteiger partial charge in [-0.15, -0.1) is 0 Å². The summed E-state index contributed by atoms with van der Waals surface area (Å²) in [5.41, 5.74) is 18.2. The number of anilines is 6. The van der Waals surface area contributed by atoms with Crippen molar-refractivity contribution < 1.29 is 0 Å². The topological polar surface area (TPSA) is 16.3 Å². The maximum Gasteiger partial charge on any atom is 0.0542 e. The Bertz CT molecular complexity index is 3410. The van der Waals surface area contributed by atoms with E-state index < -0.39 is 0 Å². The van der Waals surface area contributed by atoms with Gasteiger partial charge in [-0.25, -0.2) is 0 Å². The fraction of sp³-hybridized carbons (Fsp3) is 0. The third-order valence-corrected chi connectivity index (χ3v) is 12.9. The molecule has 300 valence electrons. The Hall–Kier alpha value is -8.60. The van der Waals surface area contributed by atoms with E-state index in [0.717, 1.165) is 67.8 Å². The number of aromatic nitrogens is 2. The number of rotatable bonds is 4. The number of fused-ring (bicyclic) bond motifs is 16. The normalized spacial score (nSPS) is 12.3. The summed E-state index contributed by atoms with van der Waals surface area (Å²) in [5, 5.41) is 4.89. The van der Waals surface area contributed by atoms with Crippen molar-refractivity contribution in [2.45, 2.75) is 0 Å². The highest BCUT2D eigenvalue weighted by atomic mass is 15.2. The van der Waals surface area contributed by atoms with Crippen LogP contribution in [0.3, 0.4) is 0 Å². The minimum Gasteiger partial charge on any atom is -0.310 e. The maximum absolute atomic E-state index is 2.41. The third kappa shape index (κ3) is 5.77. The summed E-state index contributed by atoms with van der Waals surface area (Å²) in [6.45, 7) is 0. The Balaban J connectivity index is 1.00. The summed E-state index contributed by atoms with van der Waals surface area (Å²) in [7, 11) is 0. The zero-order valence-electron chi connectivity index (χ0n) is 34.9. The molecule has 0 saturated carbocycles. The average Bonchev–Trinajstić information content (AvgIpc) is 3.87. The fourth-order valence-corrected chi connectivity index (χ4v) is 10.1. The van der Waals surface area contributed by atoms with Crippen LogP contribution >= 0.6 is 0 Å². The van der Waals surface area contributed by atoms with Crippen LogP contribution in [0.2, 0.25) is 0 Å². The Morgan fingerprint density at radius 3 is 0.859 bits per heavy atom. The summed E-state index contributed by atoms with van der Waals surface area (Å²) in [6, 6.07) is 88.7. The molecule has 0 fully saturated rings. The Morgan fingerprint density at radius 2 is 0.484 bits per heavy atom. The molecule has 0 aliphatic carbocycles. The number of hydrogen-bond donors (Lipinski definition) is 0. The van der Waals surface area contributed by atoms with Crippen molar-refractivity contribution in [1.82, 2.24) is 9.13 Å². The zero-order chi connectivity index (χ0) is 42.1. The molecule has 0 spiro atoms. The average molecular weight is 817 g/mol. The first kappa shape index (κ1) is 36.1. The van der Waals surface area contributed by atoms with Crippen molar-refractivity contribution in [3.05, 3.63) is 243 Å². The van der Waals surface area contributed by atoms with Gasteiger partial charge in [0.25, 0.3) is 0 Å². The molecule has 0 unspecified atom stereocenters. The van der Waals surface area contributed by atoms with Gasteiger partial charge in [0.1, 0.15) is 0 Å². The predicted molar refractivity (Wildman–Crippen MR) is 269 cm³/mol. The second kappa shape index (κ2) is 14.5. The number of benzene rings is 10. The quantitative estimate of drug-likeness (QED) is 0.176. The molecule has 0 radical (unpaired) electrons. The van der Waals surface area contributed by atoms with E-state index >= 15 is 0 Å². The minimum atomic E-state index is 1.09. The first-order valence-electron chi connectivity index (χ1n) is 21.9. The van der Waals surface area contributed by atoms with E-state index in [0.29, 0.717) is 0 Å². The number of nitrogens with zero attached hydrogens (tertiary/aromatic N) is 4. The highest BCUT2D eigenvalue weighted by Gasteiger charge is 2.22. The van der Waals surface area contributed by atoms with Gasteiger partial charge in [0.05, 0.1) is 22.1 Å². The fourth-order valence-electron chi connectivity index (χ4n) is 10.1. The summed E-state index contributed by atoms with van der Waals surface area (Å²) >= 11 is 0. The Labute approximate surface area is 371 Å². The monoisotopic (exact) mass is 816 g/mol. The largest absolute Gasteiger partial charge is 0.310 e. The van der Waals surface area contributed by atoms with Crippen molar-refractivity contribution in [2.75, 3.05) is 9.80 Å². The molecule has 0 saturated heterocycles. The van der Waals surface area contributed by atoms with E-state index in [9.17, 15) is 0 Å². The molecule has 1 aliphatic heterocycles. The van der Waals surface area contributed by atoms with E-state index in [1.54, 1.807) is 0 Å². The molecule has 10 aromatic carbocycles. The van der Waals surface area contributed by atoms with Gasteiger partial charge >= 0.3 is 0 Å².